The highest BCUT2D eigenvalue weighted by Crippen LogP contribution is 2.28. The van der Waals surface area contributed by atoms with Gasteiger partial charge < -0.3 is 10.5 Å². The van der Waals surface area contributed by atoms with Crippen molar-refractivity contribution in [2.45, 2.75) is 19.4 Å². The maximum Gasteiger partial charge on any atom is 0.239 e. The first-order valence-electron chi connectivity index (χ1n) is 8.50. The van der Waals surface area contributed by atoms with E-state index in [9.17, 15) is 9.18 Å². The fourth-order valence-corrected chi connectivity index (χ4v) is 3.37. The number of rotatable bonds is 5. The molecule has 132 valence electrons. The molecule has 0 spiro atoms. The molecule has 2 aromatic rings. The van der Waals surface area contributed by atoms with Gasteiger partial charge in [0.25, 0.3) is 0 Å². The molecule has 5 heteroatoms. The van der Waals surface area contributed by atoms with Crippen molar-refractivity contribution in [1.82, 2.24) is 4.90 Å². The molecule has 25 heavy (non-hydrogen) atoms. The maximum absolute atomic E-state index is 14.1. The van der Waals surface area contributed by atoms with Crippen LogP contribution in [0.3, 0.4) is 0 Å². The topological polar surface area (TPSA) is 55.6 Å². The molecule has 0 radical (unpaired) electrons. The van der Waals surface area contributed by atoms with Gasteiger partial charge in [-0.2, -0.15) is 0 Å². The molecule has 0 bridgehead atoms. The average Bonchev–Trinajstić information content (AvgIpc) is 2.60. The monoisotopic (exact) mass is 342 g/mol. The minimum absolute atomic E-state index is 0.239. The van der Waals surface area contributed by atoms with Crippen LogP contribution < -0.4 is 5.73 Å². The van der Waals surface area contributed by atoms with E-state index in [0.717, 1.165) is 16.7 Å². The van der Waals surface area contributed by atoms with E-state index < -0.39 is 6.04 Å². The van der Waals surface area contributed by atoms with Crippen LogP contribution in [-0.4, -0.2) is 37.1 Å². The van der Waals surface area contributed by atoms with Gasteiger partial charge in [0.05, 0.1) is 13.2 Å². The Bertz CT molecular complexity index is 757. The van der Waals surface area contributed by atoms with Crippen molar-refractivity contribution in [3.8, 4) is 0 Å². The predicted molar refractivity (Wildman–Crippen MR) is 94.7 cm³/mol. The third-order valence-corrected chi connectivity index (χ3v) is 4.61. The molecule has 0 saturated carbocycles. The smallest absolute Gasteiger partial charge is 0.239 e. The van der Waals surface area contributed by atoms with Gasteiger partial charge >= 0.3 is 0 Å². The fraction of sp³-hybridized carbons (Fsp3) is 0.350. The Morgan fingerprint density at radius 2 is 1.92 bits per heavy atom. The molecule has 1 amide bonds. The van der Waals surface area contributed by atoms with Crippen LogP contribution in [0.15, 0.2) is 42.5 Å². The first-order valence-corrected chi connectivity index (χ1v) is 8.50. The SMILES string of the molecule is Cc1ccc(C(C(N)=O)N2CCOCC2)c(Cc2ccccc2F)c1. The van der Waals surface area contributed by atoms with Gasteiger partial charge in [0.1, 0.15) is 11.9 Å². The molecule has 0 aromatic heterocycles. The molecule has 4 nitrogen and oxygen atoms in total. The standard InChI is InChI=1S/C20H23FN2O2/c1-14-6-7-17(19(20(22)24)23-8-10-25-11-9-23)16(12-14)13-15-4-2-3-5-18(15)21/h2-7,12,19H,8-11,13H2,1H3,(H2,22,24). The number of benzene rings is 2. The highest BCUT2D eigenvalue weighted by molar-refractivity contribution is 5.82. The van der Waals surface area contributed by atoms with Gasteiger partial charge in [-0.25, -0.2) is 4.39 Å². The van der Waals surface area contributed by atoms with Crippen molar-refractivity contribution in [1.29, 1.82) is 0 Å². The number of aryl methyl sites for hydroxylation is 1. The summed E-state index contributed by atoms with van der Waals surface area (Å²) in [6, 6.07) is 12.1. The van der Waals surface area contributed by atoms with E-state index in [1.54, 1.807) is 12.1 Å². The van der Waals surface area contributed by atoms with Crippen molar-refractivity contribution in [3.63, 3.8) is 0 Å². The van der Waals surface area contributed by atoms with Crippen LogP contribution in [-0.2, 0) is 16.0 Å². The van der Waals surface area contributed by atoms with Crippen LogP contribution >= 0.6 is 0 Å². The zero-order valence-corrected chi connectivity index (χ0v) is 14.4. The van der Waals surface area contributed by atoms with Crippen LogP contribution in [0, 0.1) is 12.7 Å². The third-order valence-electron chi connectivity index (χ3n) is 4.61. The van der Waals surface area contributed by atoms with E-state index in [-0.39, 0.29) is 11.7 Å². The van der Waals surface area contributed by atoms with Gasteiger partial charge in [0, 0.05) is 19.5 Å². The summed E-state index contributed by atoms with van der Waals surface area (Å²) in [6.45, 7) is 4.46. The first-order chi connectivity index (χ1) is 12.1. The second kappa shape index (κ2) is 7.76. The Kier molecular flexibility index (Phi) is 5.46. The number of halogens is 1. The van der Waals surface area contributed by atoms with Crippen molar-refractivity contribution < 1.29 is 13.9 Å². The van der Waals surface area contributed by atoms with E-state index >= 15 is 0 Å². The number of nitrogens with two attached hydrogens (primary N) is 1. The number of morpholine rings is 1. The lowest BCUT2D eigenvalue weighted by Crippen LogP contribution is -2.44. The van der Waals surface area contributed by atoms with Crippen molar-refractivity contribution in [3.05, 3.63) is 70.5 Å². The van der Waals surface area contributed by atoms with Gasteiger partial charge in [-0.1, -0.05) is 42.0 Å². The number of ether oxygens (including phenoxy) is 1. The molecular weight excluding hydrogens is 319 g/mol. The van der Waals surface area contributed by atoms with E-state index in [4.69, 9.17) is 10.5 Å². The zero-order chi connectivity index (χ0) is 17.8. The Hall–Kier alpha value is -2.24. The molecule has 1 saturated heterocycles. The molecule has 1 aliphatic heterocycles. The molecule has 1 fully saturated rings. The molecule has 3 rings (SSSR count). The fourth-order valence-electron chi connectivity index (χ4n) is 3.37. The lowest BCUT2D eigenvalue weighted by Gasteiger charge is -2.34. The van der Waals surface area contributed by atoms with Crippen LogP contribution in [0.5, 0.6) is 0 Å². The minimum Gasteiger partial charge on any atom is -0.379 e. The minimum atomic E-state index is -0.522. The van der Waals surface area contributed by atoms with Crippen LogP contribution in [0.25, 0.3) is 0 Å². The summed E-state index contributed by atoms with van der Waals surface area (Å²) >= 11 is 0. The summed E-state index contributed by atoms with van der Waals surface area (Å²) in [7, 11) is 0. The van der Waals surface area contributed by atoms with Crippen LogP contribution in [0.1, 0.15) is 28.3 Å². The lowest BCUT2D eigenvalue weighted by molar-refractivity contribution is -0.125. The average molecular weight is 342 g/mol. The summed E-state index contributed by atoms with van der Waals surface area (Å²) in [6.07, 6.45) is 0.428. The quantitative estimate of drug-likeness (QED) is 0.909. The van der Waals surface area contributed by atoms with Gasteiger partial charge in [0.15, 0.2) is 0 Å². The summed E-state index contributed by atoms with van der Waals surface area (Å²) < 4.78 is 19.5. The first kappa shape index (κ1) is 17.6. The summed E-state index contributed by atoms with van der Waals surface area (Å²) in [5.74, 6) is -0.627. The van der Waals surface area contributed by atoms with E-state index in [1.807, 2.05) is 36.1 Å². The second-order valence-electron chi connectivity index (χ2n) is 6.42. The van der Waals surface area contributed by atoms with Gasteiger partial charge in [-0.05, 0) is 29.7 Å². The number of hydrogen-bond acceptors (Lipinski definition) is 3. The van der Waals surface area contributed by atoms with E-state index in [2.05, 4.69) is 0 Å². The Morgan fingerprint density at radius 3 is 2.60 bits per heavy atom. The number of carbonyl (C=O) groups is 1. The Balaban J connectivity index is 1.99. The Morgan fingerprint density at radius 1 is 1.20 bits per heavy atom. The number of primary amides is 1. The van der Waals surface area contributed by atoms with Gasteiger partial charge in [0.2, 0.25) is 5.91 Å². The Labute approximate surface area is 147 Å². The summed E-state index contributed by atoms with van der Waals surface area (Å²) in [5.41, 5.74) is 9.20. The molecule has 1 unspecified atom stereocenters. The number of amides is 1. The molecule has 1 heterocycles. The van der Waals surface area contributed by atoms with Crippen LogP contribution in [0.4, 0.5) is 4.39 Å². The molecule has 0 aliphatic carbocycles. The normalized spacial score (nSPS) is 16.6. The molecular formula is C20H23FN2O2. The number of carbonyl (C=O) groups excluding carboxylic acids is 1. The molecule has 2 aromatic carbocycles. The number of nitrogens with zero attached hydrogens (tertiary/aromatic N) is 1. The summed E-state index contributed by atoms with van der Waals surface area (Å²) in [5, 5.41) is 0. The van der Waals surface area contributed by atoms with Crippen molar-refractivity contribution in [2.24, 2.45) is 5.73 Å². The van der Waals surface area contributed by atoms with E-state index in [0.29, 0.717) is 38.3 Å². The third kappa shape index (κ3) is 4.06. The highest BCUT2D eigenvalue weighted by Gasteiger charge is 2.29. The zero-order valence-electron chi connectivity index (χ0n) is 14.4. The molecule has 2 N–H and O–H groups in total. The number of hydrogen-bond donors (Lipinski definition) is 1. The summed E-state index contributed by atoms with van der Waals surface area (Å²) in [4.78, 5) is 14.3. The van der Waals surface area contributed by atoms with Gasteiger partial charge in [-0.15, -0.1) is 0 Å². The highest BCUT2D eigenvalue weighted by atomic mass is 19.1. The van der Waals surface area contributed by atoms with Crippen LogP contribution in [0.2, 0.25) is 0 Å². The molecule has 1 aliphatic rings. The maximum atomic E-state index is 14.1. The largest absolute Gasteiger partial charge is 0.379 e. The lowest BCUT2D eigenvalue weighted by atomic mass is 9.92. The van der Waals surface area contributed by atoms with Crippen molar-refractivity contribution in [2.75, 3.05) is 26.3 Å². The van der Waals surface area contributed by atoms with Gasteiger partial charge in [-0.3, -0.25) is 9.69 Å². The van der Waals surface area contributed by atoms with Crippen molar-refractivity contribution >= 4 is 5.91 Å². The predicted octanol–water partition coefficient (Wildman–Crippen LogP) is 2.58. The molecule has 1 atom stereocenters. The second-order valence-corrected chi connectivity index (χ2v) is 6.42. The van der Waals surface area contributed by atoms with E-state index in [1.165, 1.54) is 6.07 Å².